The van der Waals surface area contributed by atoms with Gasteiger partial charge in [-0.3, -0.25) is 0 Å². The smallest absolute Gasteiger partial charge is 0.0466 e. The fraction of sp³-hybridized carbons (Fsp3) is 0.667. The van der Waals surface area contributed by atoms with E-state index in [4.69, 9.17) is 10.5 Å². The molecule has 0 bridgehead atoms. The normalized spacial score (nSPS) is 12.9. The Morgan fingerprint density at radius 1 is 1.47 bits per heavy atom. The van der Waals surface area contributed by atoms with Gasteiger partial charge in [0.15, 0.2) is 0 Å². The van der Waals surface area contributed by atoms with E-state index >= 15 is 0 Å². The third-order valence-electron chi connectivity index (χ3n) is 2.41. The largest absolute Gasteiger partial charge is 0.382 e. The van der Waals surface area contributed by atoms with Crippen LogP contribution in [-0.4, -0.2) is 19.3 Å². The zero-order valence-electron chi connectivity index (χ0n) is 9.45. The standard InChI is InChI=1S/C12H21NOS/c1-2-14-9-3-5-11(13)7-8-12-6-4-10-15-12/h4,6,10-11H,2-3,5,7-9,13H2,1H3. The molecule has 0 aliphatic carbocycles. The molecule has 1 aromatic rings. The molecule has 0 aliphatic heterocycles. The molecule has 86 valence electrons. The summed E-state index contributed by atoms with van der Waals surface area (Å²) in [5, 5.41) is 2.12. The monoisotopic (exact) mass is 227 g/mol. The molecule has 0 saturated carbocycles. The van der Waals surface area contributed by atoms with Gasteiger partial charge in [-0.25, -0.2) is 0 Å². The molecule has 15 heavy (non-hydrogen) atoms. The number of hydrogen-bond donors (Lipinski definition) is 1. The van der Waals surface area contributed by atoms with Gasteiger partial charge >= 0.3 is 0 Å². The van der Waals surface area contributed by atoms with Crippen molar-refractivity contribution in [1.82, 2.24) is 0 Å². The van der Waals surface area contributed by atoms with Crippen LogP contribution in [0.3, 0.4) is 0 Å². The third kappa shape index (κ3) is 5.92. The number of thiophene rings is 1. The van der Waals surface area contributed by atoms with E-state index in [2.05, 4.69) is 17.5 Å². The minimum absolute atomic E-state index is 0.326. The van der Waals surface area contributed by atoms with Crippen LogP contribution in [0.5, 0.6) is 0 Å². The van der Waals surface area contributed by atoms with Gasteiger partial charge in [0.2, 0.25) is 0 Å². The lowest BCUT2D eigenvalue weighted by Gasteiger charge is -2.10. The minimum atomic E-state index is 0.326. The molecule has 0 amide bonds. The number of hydrogen-bond acceptors (Lipinski definition) is 3. The zero-order valence-corrected chi connectivity index (χ0v) is 10.3. The molecular weight excluding hydrogens is 206 g/mol. The molecule has 0 radical (unpaired) electrons. The van der Waals surface area contributed by atoms with Crippen molar-refractivity contribution < 1.29 is 4.74 Å². The highest BCUT2D eigenvalue weighted by atomic mass is 32.1. The summed E-state index contributed by atoms with van der Waals surface area (Å²) >= 11 is 1.82. The van der Waals surface area contributed by atoms with Crippen LogP contribution in [0.4, 0.5) is 0 Å². The van der Waals surface area contributed by atoms with Gasteiger partial charge in [0.1, 0.15) is 0 Å². The molecule has 0 fully saturated rings. The van der Waals surface area contributed by atoms with Gasteiger partial charge in [-0.05, 0) is 44.1 Å². The van der Waals surface area contributed by atoms with Crippen molar-refractivity contribution >= 4 is 11.3 Å². The number of aryl methyl sites for hydroxylation is 1. The van der Waals surface area contributed by atoms with Crippen LogP contribution < -0.4 is 5.73 Å². The highest BCUT2D eigenvalue weighted by Crippen LogP contribution is 2.12. The second kappa shape index (κ2) is 7.85. The van der Waals surface area contributed by atoms with Crippen LogP contribution in [0.1, 0.15) is 31.1 Å². The van der Waals surface area contributed by atoms with E-state index in [-0.39, 0.29) is 0 Å². The van der Waals surface area contributed by atoms with E-state index in [1.54, 1.807) is 0 Å². The molecule has 0 aromatic carbocycles. The second-order valence-electron chi connectivity index (χ2n) is 3.72. The first-order valence-corrected chi connectivity index (χ1v) is 6.56. The molecule has 1 heterocycles. The predicted octanol–water partition coefficient (Wildman–Crippen LogP) is 2.82. The molecule has 0 spiro atoms. The molecule has 3 heteroatoms. The van der Waals surface area contributed by atoms with E-state index in [0.29, 0.717) is 6.04 Å². The number of rotatable bonds is 8. The summed E-state index contributed by atoms with van der Waals surface area (Å²) in [6.07, 6.45) is 4.37. The third-order valence-corrected chi connectivity index (χ3v) is 3.35. The van der Waals surface area contributed by atoms with Crippen molar-refractivity contribution in [2.75, 3.05) is 13.2 Å². The Hall–Kier alpha value is -0.380. The molecular formula is C12H21NOS. The lowest BCUT2D eigenvalue weighted by Crippen LogP contribution is -2.21. The molecule has 2 N–H and O–H groups in total. The SMILES string of the molecule is CCOCCCC(N)CCc1cccs1. The molecule has 1 atom stereocenters. The second-order valence-corrected chi connectivity index (χ2v) is 4.75. The van der Waals surface area contributed by atoms with E-state index < -0.39 is 0 Å². The van der Waals surface area contributed by atoms with Crippen LogP contribution in [-0.2, 0) is 11.2 Å². The average Bonchev–Trinajstić information content (AvgIpc) is 2.74. The van der Waals surface area contributed by atoms with Crippen LogP contribution in [0.25, 0.3) is 0 Å². The maximum Gasteiger partial charge on any atom is 0.0466 e. The number of ether oxygens (including phenoxy) is 1. The molecule has 2 nitrogen and oxygen atoms in total. The maximum atomic E-state index is 6.02. The van der Waals surface area contributed by atoms with Gasteiger partial charge in [0.05, 0.1) is 0 Å². The summed E-state index contributed by atoms with van der Waals surface area (Å²) in [5.74, 6) is 0. The Bertz CT molecular complexity index is 236. The van der Waals surface area contributed by atoms with E-state index in [9.17, 15) is 0 Å². The van der Waals surface area contributed by atoms with Crippen LogP contribution in [0.15, 0.2) is 17.5 Å². The molecule has 1 rings (SSSR count). The van der Waals surface area contributed by atoms with E-state index in [0.717, 1.165) is 38.9 Å². The quantitative estimate of drug-likeness (QED) is 0.693. The Morgan fingerprint density at radius 2 is 2.33 bits per heavy atom. The van der Waals surface area contributed by atoms with Crippen molar-refractivity contribution in [3.63, 3.8) is 0 Å². The molecule has 1 unspecified atom stereocenters. The van der Waals surface area contributed by atoms with Gasteiger partial charge in [-0.15, -0.1) is 11.3 Å². The summed E-state index contributed by atoms with van der Waals surface area (Å²) in [6.45, 7) is 3.68. The summed E-state index contributed by atoms with van der Waals surface area (Å²) in [7, 11) is 0. The molecule has 1 aromatic heterocycles. The first-order chi connectivity index (χ1) is 7.33. The summed E-state index contributed by atoms with van der Waals surface area (Å²) in [5.41, 5.74) is 6.02. The lowest BCUT2D eigenvalue weighted by atomic mass is 10.1. The summed E-state index contributed by atoms with van der Waals surface area (Å²) in [4.78, 5) is 1.44. The highest BCUT2D eigenvalue weighted by Gasteiger charge is 2.03. The van der Waals surface area contributed by atoms with Crippen molar-refractivity contribution in [2.45, 2.75) is 38.6 Å². The Morgan fingerprint density at radius 3 is 3.00 bits per heavy atom. The Balaban J connectivity index is 2.01. The van der Waals surface area contributed by atoms with Crippen molar-refractivity contribution in [3.8, 4) is 0 Å². The Kier molecular flexibility index (Phi) is 6.64. The van der Waals surface area contributed by atoms with Crippen molar-refractivity contribution in [2.24, 2.45) is 5.73 Å². The van der Waals surface area contributed by atoms with E-state index in [1.165, 1.54) is 4.88 Å². The fourth-order valence-electron chi connectivity index (χ4n) is 1.52. The van der Waals surface area contributed by atoms with Gasteiger partial charge in [0, 0.05) is 24.1 Å². The predicted molar refractivity (Wildman–Crippen MR) is 66.3 cm³/mol. The summed E-state index contributed by atoms with van der Waals surface area (Å²) < 4.78 is 5.28. The molecule has 0 aliphatic rings. The van der Waals surface area contributed by atoms with Crippen molar-refractivity contribution in [1.29, 1.82) is 0 Å². The zero-order chi connectivity index (χ0) is 10.9. The van der Waals surface area contributed by atoms with Gasteiger partial charge in [-0.2, -0.15) is 0 Å². The minimum Gasteiger partial charge on any atom is -0.382 e. The van der Waals surface area contributed by atoms with Crippen molar-refractivity contribution in [3.05, 3.63) is 22.4 Å². The average molecular weight is 227 g/mol. The van der Waals surface area contributed by atoms with Gasteiger partial charge in [0.25, 0.3) is 0 Å². The lowest BCUT2D eigenvalue weighted by molar-refractivity contribution is 0.141. The van der Waals surface area contributed by atoms with Crippen LogP contribution in [0, 0.1) is 0 Å². The topological polar surface area (TPSA) is 35.2 Å². The van der Waals surface area contributed by atoms with E-state index in [1.807, 2.05) is 18.3 Å². The maximum absolute atomic E-state index is 6.02. The highest BCUT2D eigenvalue weighted by molar-refractivity contribution is 7.09. The summed E-state index contributed by atoms with van der Waals surface area (Å²) in [6, 6.07) is 4.60. The van der Waals surface area contributed by atoms with Crippen LogP contribution in [0.2, 0.25) is 0 Å². The first-order valence-electron chi connectivity index (χ1n) is 5.68. The molecule has 0 saturated heterocycles. The fourth-order valence-corrected chi connectivity index (χ4v) is 2.24. The van der Waals surface area contributed by atoms with Crippen LogP contribution >= 0.6 is 11.3 Å². The Labute approximate surface area is 96.4 Å². The number of nitrogens with two attached hydrogens (primary N) is 1. The first kappa shape index (κ1) is 12.7. The van der Waals surface area contributed by atoms with Gasteiger partial charge < -0.3 is 10.5 Å². The van der Waals surface area contributed by atoms with Gasteiger partial charge in [-0.1, -0.05) is 6.07 Å².